The van der Waals surface area contributed by atoms with Gasteiger partial charge in [-0.3, -0.25) is 4.79 Å². The van der Waals surface area contributed by atoms with Crippen molar-refractivity contribution in [3.63, 3.8) is 0 Å². The first kappa shape index (κ1) is 16.0. The maximum atomic E-state index is 12.8. The van der Waals surface area contributed by atoms with E-state index in [-0.39, 0.29) is 11.9 Å². The molecule has 1 aliphatic rings. The van der Waals surface area contributed by atoms with E-state index in [0.29, 0.717) is 17.1 Å². The summed E-state index contributed by atoms with van der Waals surface area (Å²) in [4.78, 5) is 14.5. The highest BCUT2D eigenvalue weighted by Gasteiger charge is 2.31. The van der Waals surface area contributed by atoms with Gasteiger partial charge in [-0.2, -0.15) is 5.10 Å². The van der Waals surface area contributed by atoms with E-state index in [0.717, 1.165) is 24.9 Å². The number of carbonyl (C=O) groups is 1. The normalized spacial score (nSPS) is 19.6. The molecule has 6 heteroatoms. The molecule has 2 heterocycles. The van der Waals surface area contributed by atoms with E-state index >= 15 is 0 Å². The van der Waals surface area contributed by atoms with Gasteiger partial charge in [0.25, 0.3) is 5.91 Å². The molecule has 1 N–H and O–H groups in total. The molecular formula is C17H20ClN3O2. The van der Waals surface area contributed by atoms with Gasteiger partial charge < -0.3 is 10.0 Å². The highest BCUT2D eigenvalue weighted by Crippen LogP contribution is 2.22. The highest BCUT2D eigenvalue weighted by atomic mass is 35.5. The molecule has 3 rings (SSSR count). The lowest BCUT2D eigenvalue weighted by Gasteiger charge is -2.37. The van der Waals surface area contributed by atoms with Crippen LogP contribution in [0.3, 0.4) is 0 Å². The van der Waals surface area contributed by atoms with Gasteiger partial charge in [0.2, 0.25) is 0 Å². The molecule has 2 atom stereocenters. The van der Waals surface area contributed by atoms with Crippen molar-refractivity contribution in [2.45, 2.75) is 38.3 Å². The second-order valence-corrected chi connectivity index (χ2v) is 6.39. The molecule has 1 aromatic carbocycles. The Morgan fingerprint density at radius 1 is 1.43 bits per heavy atom. The number of carbonyl (C=O) groups excluding carboxylic acids is 1. The van der Waals surface area contributed by atoms with Crippen molar-refractivity contribution in [1.29, 1.82) is 0 Å². The van der Waals surface area contributed by atoms with E-state index in [1.165, 1.54) is 0 Å². The Morgan fingerprint density at radius 3 is 3.00 bits per heavy atom. The Morgan fingerprint density at radius 2 is 2.26 bits per heavy atom. The molecule has 0 bridgehead atoms. The Balaban J connectivity index is 1.83. The fourth-order valence-electron chi connectivity index (χ4n) is 3.07. The molecule has 1 aromatic heterocycles. The molecule has 1 amide bonds. The summed E-state index contributed by atoms with van der Waals surface area (Å²) in [6.45, 7) is 2.42. The molecule has 0 radical (unpaired) electrons. The number of halogens is 1. The van der Waals surface area contributed by atoms with Gasteiger partial charge in [0, 0.05) is 17.8 Å². The maximum Gasteiger partial charge on any atom is 0.257 e. The van der Waals surface area contributed by atoms with E-state index in [9.17, 15) is 9.90 Å². The summed E-state index contributed by atoms with van der Waals surface area (Å²) >= 11 is 6.00. The fraction of sp³-hybridized carbons (Fsp3) is 0.412. The van der Waals surface area contributed by atoms with E-state index in [1.807, 2.05) is 12.1 Å². The van der Waals surface area contributed by atoms with Crippen molar-refractivity contribution in [2.24, 2.45) is 0 Å². The van der Waals surface area contributed by atoms with Gasteiger partial charge in [-0.25, -0.2) is 4.68 Å². The van der Waals surface area contributed by atoms with Crippen LogP contribution in [0, 0.1) is 0 Å². The van der Waals surface area contributed by atoms with Gasteiger partial charge in [0.1, 0.15) is 0 Å². The summed E-state index contributed by atoms with van der Waals surface area (Å²) in [5.41, 5.74) is 1.33. The number of rotatable bonds is 3. The highest BCUT2D eigenvalue weighted by molar-refractivity contribution is 6.30. The third-order valence-electron chi connectivity index (χ3n) is 4.27. The van der Waals surface area contributed by atoms with E-state index in [4.69, 9.17) is 11.6 Å². The van der Waals surface area contributed by atoms with Crippen LogP contribution in [0.5, 0.6) is 0 Å². The Hall–Kier alpha value is -1.85. The number of piperidine rings is 1. The molecule has 1 saturated heterocycles. The van der Waals surface area contributed by atoms with E-state index < -0.39 is 6.10 Å². The number of aliphatic hydroxyl groups excluding tert-OH is 1. The molecule has 2 unspecified atom stereocenters. The zero-order valence-corrected chi connectivity index (χ0v) is 13.8. The third-order valence-corrected chi connectivity index (χ3v) is 4.50. The van der Waals surface area contributed by atoms with Crippen molar-refractivity contribution in [3.05, 3.63) is 47.2 Å². The van der Waals surface area contributed by atoms with Crippen molar-refractivity contribution >= 4 is 17.5 Å². The second-order valence-electron chi connectivity index (χ2n) is 5.96. The number of amides is 1. The number of hydrogen-bond acceptors (Lipinski definition) is 3. The van der Waals surface area contributed by atoms with Gasteiger partial charge in [-0.05, 0) is 44.4 Å². The summed E-state index contributed by atoms with van der Waals surface area (Å²) in [5, 5.41) is 14.8. The average Bonchev–Trinajstić information content (AvgIpc) is 3.04. The molecule has 1 aliphatic heterocycles. The lowest BCUT2D eigenvalue weighted by Crippen LogP contribution is -2.48. The van der Waals surface area contributed by atoms with Crippen LogP contribution in [-0.2, 0) is 0 Å². The number of likely N-dealkylation sites (tertiary alicyclic amines) is 1. The molecule has 122 valence electrons. The average molecular weight is 334 g/mol. The van der Waals surface area contributed by atoms with Crippen molar-refractivity contribution in [3.8, 4) is 5.69 Å². The molecular weight excluding hydrogens is 314 g/mol. The lowest BCUT2D eigenvalue weighted by atomic mass is 9.97. The van der Waals surface area contributed by atoms with Crippen molar-refractivity contribution in [2.75, 3.05) is 6.54 Å². The minimum atomic E-state index is -0.526. The topological polar surface area (TPSA) is 58.4 Å². The van der Waals surface area contributed by atoms with Gasteiger partial charge >= 0.3 is 0 Å². The molecule has 5 nitrogen and oxygen atoms in total. The van der Waals surface area contributed by atoms with Gasteiger partial charge in [-0.15, -0.1) is 0 Å². The fourth-order valence-corrected chi connectivity index (χ4v) is 3.25. The minimum Gasteiger partial charge on any atom is -0.391 e. The molecule has 2 aromatic rings. The van der Waals surface area contributed by atoms with Crippen LogP contribution in [0.15, 0.2) is 36.7 Å². The van der Waals surface area contributed by atoms with Gasteiger partial charge in [0.15, 0.2) is 0 Å². The summed E-state index contributed by atoms with van der Waals surface area (Å²) in [7, 11) is 0. The zero-order chi connectivity index (χ0) is 16.4. The van der Waals surface area contributed by atoms with Crippen LogP contribution in [0.25, 0.3) is 5.69 Å². The largest absolute Gasteiger partial charge is 0.391 e. The summed E-state index contributed by atoms with van der Waals surface area (Å²) < 4.78 is 1.64. The molecule has 1 fully saturated rings. The molecule has 0 aliphatic carbocycles. The van der Waals surface area contributed by atoms with Crippen molar-refractivity contribution in [1.82, 2.24) is 14.7 Å². The summed E-state index contributed by atoms with van der Waals surface area (Å²) in [6, 6.07) is 7.19. The lowest BCUT2D eigenvalue weighted by molar-refractivity contribution is 0.0281. The first-order valence-electron chi connectivity index (χ1n) is 7.86. The monoisotopic (exact) mass is 333 g/mol. The predicted octanol–water partition coefficient (Wildman–Crippen LogP) is 2.90. The molecule has 0 saturated carbocycles. The third kappa shape index (κ3) is 3.41. The first-order valence-corrected chi connectivity index (χ1v) is 8.23. The summed E-state index contributed by atoms with van der Waals surface area (Å²) in [5.74, 6) is -0.0797. The first-order chi connectivity index (χ1) is 11.1. The number of hydrogen-bond donors (Lipinski definition) is 1. The predicted molar refractivity (Wildman–Crippen MR) is 88.9 cm³/mol. The van der Waals surface area contributed by atoms with Gasteiger partial charge in [-0.1, -0.05) is 17.7 Å². The Kier molecular flexibility index (Phi) is 4.68. The van der Waals surface area contributed by atoms with E-state index in [1.54, 1.807) is 41.0 Å². The molecule has 0 spiro atoms. The van der Waals surface area contributed by atoms with Crippen LogP contribution in [0.4, 0.5) is 0 Å². The maximum absolute atomic E-state index is 12.8. The van der Waals surface area contributed by atoms with Crippen LogP contribution in [0.2, 0.25) is 5.02 Å². The van der Waals surface area contributed by atoms with Crippen LogP contribution < -0.4 is 0 Å². The zero-order valence-electron chi connectivity index (χ0n) is 13.0. The van der Waals surface area contributed by atoms with Gasteiger partial charge in [0.05, 0.1) is 29.6 Å². The van der Waals surface area contributed by atoms with Crippen LogP contribution in [0.1, 0.15) is 36.5 Å². The van der Waals surface area contributed by atoms with Crippen LogP contribution >= 0.6 is 11.6 Å². The standard InChI is InChI=1S/C17H20ClN3O2/c1-12(22)16-7-2-3-8-20(16)17(23)13-10-19-21(11-13)15-6-4-5-14(18)9-15/h4-6,9-12,16,22H,2-3,7-8H2,1H3. The number of nitrogens with zero attached hydrogens (tertiary/aromatic N) is 3. The SMILES string of the molecule is CC(O)C1CCCCN1C(=O)c1cnn(-c2cccc(Cl)c2)c1. The van der Waals surface area contributed by atoms with Crippen LogP contribution in [-0.4, -0.2) is 44.4 Å². The number of aromatic nitrogens is 2. The quantitative estimate of drug-likeness (QED) is 0.939. The number of aliphatic hydroxyl groups is 1. The van der Waals surface area contributed by atoms with E-state index in [2.05, 4.69) is 5.10 Å². The van der Waals surface area contributed by atoms with Crippen molar-refractivity contribution < 1.29 is 9.90 Å². The molecule has 23 heavy (non-hydrogen) atoms. The number of benzene rings is 1. The summed E-state index contributed by atoms with van der Waals surface area (Å²) in [6.07, 6.45) is 5.60. The Bertz CT molecular complexity index is 699. The minimum absolute atomic E-state index is 0.0797. The Labute approximate surface area is 140 Å². The second kappa shape index (κ2) is 6.72. The smallest absolute Gasteiger partial charge is 0.257 e.